The third-order valence-electron chi connectivity index (χ3n) is 3.34. The van der Waals surface area contributed by atoms with Crippen LogP contribution in [0.1, 0.15) is 21.8 Å². The number of methoxy groups -OCH3 is 1. The molecule has 0 aliphatic carbocycles. The van der Waals surface area contributed by atoms with E-state index in [1.807, 2.05) is 6.92 Å². The lowest BCUT2D eigenvalue weighted by Gasteiger charge is -2.08. The first-order valence-electron chi connectivity index (χ1n) is 7.09. The van der Waals surface area contributed by atoms with E-state index in [4.69, 9.17) is 13.6 Å². The van der Waals surface area contributed by atoms with Crippen molar-refractivity contribution in [3.63, 3.8) is 0 Å². The number of nitrogens with zero attached hydrogens (tertiary/aromatic N) is 1. The summed E-state index contributed by atoms with van der Waals surface area (Å²) in [6.45, 7) is 2.04. The number of hydrogen-bond acceptors (Lipinski definition) is 6. The molecule has 24 heavy (non-hydrogen) atoms. The van der Waals surface area contributed by atoms with E-state index in [9.17, 15) is 4.79 Å². The van der Waals surface area contributed by atoms with Crippen LogP contribution >= 0.6 is 15.9 Å². The van der Waals surface area contributed by atoms with Gasteiger partial charge >= 0.3 is 5.97 Å². The van der Waals surface area contributed by atoms with Crippen molar-refractivity contribution in [3.8, 4) is 17.4 Å². The molecule has 2 heterocycles. The van der Waals surface area contributed by atoms with E-state index in [1.165, 1.54) is 7.11 Å². The van der Waals surface area contributed by atoms with Gasteiger partial charge in [0.25, 0.3) is 5.89 Å². The molecule has 0 spiro atoms. The van der Waals surface area contributed by atoms with Gasteiger partial charge in [-0.2, -0.15) is 0 Å². The second-order valence-corrected chi connectivity index (χ2v) is 5.78. The number of halogens is 1. The molecule has 0 aliphatic rings. The maximum atomic E-state index is 11.5. The summed E-state index contributed by atoms with van der Waals surface area (Å²) in [5, 5.41) is 0. The number of ether oxygens (including phenoxy) is 2. The average Bonchev–Trinajstić information content (AvgIpc) is 3.22. The highest BCUT2D eigenvalue weighted by atomic mass is 79.9. The largest absolute Gasteiger partial charge is 0.486 e. The van der Waals surface area contributed by atoms with Crippen molar-refractivity contribution >= 4 is 21.9 Å². The molecule has 7 heteroatoms. The zero-order chi connectivity index (χ0) is 17.1. The van der Waals surface area contributed by atoms with Gasteiger partial charge in [-0.1, -0.05) is 0 Å². The molecule has 6 nitrogen and oxygen atoms in total. The van der Waals surface area contributed by atoms with Crippen molar-refractivity contribution in [2.24, 2.45) is 0 Å². The molecule has 0 saturated heterocycles. The van der Waals surface area contributed by atoms with Crippen molar-refractivity contribution in [1.82, 2.24) is 4.98 Å². The first kappa shape index (κ1) is 16.3. The van der Waals surface area contributed by atoms with Gasteiger partial charge in [0.2, 0.25) is 0 Å². The molecule has 0 N–H and O–H groups in total. The van der Waals surface area contributed by atoms with Gasteiger partial charge in [0, 0.05) is 0 Å². The lowest BCUT2D eigenvalue weighted by Crippen LogP contribution is -2.02. The Morgan fingerprint density at radius 2 is 2.17 bits per heavy atom. The molecule has 0 bridgehead atoms. The molecule has 0 aliphatic heterocycles. The second kappa shape index (κ2) is 6.92. The summed E-state index contributed by atoms with van der Waals surface area (Å²) >= 11 is 3.38. The third kappa shape index (κ3) is 3.35. The standard InChI is InChI=1S/C17H14BrNO5/c1-10-13(19-16(24-10)15-4-3-7-22-15)9-23-14-6-5-11(8-12(14)18)17(20)21-2/h3-8H,9H2,1-2H3. The molecule has 0 atom stereocenters. The van der Waals surface area contributed by atoms with Crippen LogP contribution in [0, 0.1) is 6.92 Å². The number of aryl methyl sites for hydroxylation is 1. The predicted molar refractivity (Wildman–Crippen MR) is 88.8 cm³/mol. The SMILES string of the molecule is COC(=O)c1ccc(OCc2nc(-c3ccco3)oc2C)c(Br)c1. The number of aromatic nitrogens is 1. The van der Waals surface area contributed by atoms with Crippen molar-refractivity contribution in [3.05, 3.63) is 58.1 Å². The highest BCUT2D eigenvalue weighted by molar-refractivity contribution is 9.10. The molecule has 0 saturated carbocycles. The highest BCUT2D eigenvalue weighted by Gasteiger charge is 2.15. The van der Waals surface area contributed by atoms with Gasteiger partial charge in [-0.3, -0.25) is 0 Å². The number of rotatable bonds is 5. The van der Waals surface area contributed by atoms with Crippen LogP contribution in [0.15, 0.2) is 49.9 Å². The average molecular weight is 392 g/mol. The monoisotopic (exact) mass is 391 g/mol. The maximum absolute atomic E-state index is 11.5. The zero-order valence-corrected chi connectivity index (χ0v) is 14.6. The minimum Gasteiger partial charge on any atom is -0.486 e. The molecule has 3 rings (SSSR count). The minimum atomic E-state index is -0.405. The van der Waals surface area contributed by atoms with Crippen LogP contribution in [0.2, 0.25) is 0 Å². The van der Waals surface area contributed by atoms with Crippen molar-refractivity contribution in [1.29, 1.82) is 0 Å². The topological polar surface area (TPSA) is 74.7 Å². The fourth-order valence-corrected chi connectivity index (χ4v) is 2.57. The van der Waals surface area contributed by atoms with Crippen molar-refractivity contribution < 1.29 is 23.1 Å². The number of esters is 1. The van der Waals surface area contributed by atoms with E-state index in [-0.39, 0.29) is 6.61 Å². The van der Waals surface area contributed by atoms with E-state index in [0.717, 1.165) is 0 Å². The number of furan rings is 1. The number of carbonyl (C=O) groups excluding carboxylic acids is 1. The first-order valence-corrected chi connectivity index (χ1v) is 7.88. The normalized spacial score (nSPS) is 10.6. The Kier molecular flexibility index (Phi) is 4.71. The number of carbonyl (C=O) groups is 1. The smallest absolute Gasteiger partial charge is 0.337 e. The fraction of sp³-hybridized carbons (Fsp3) is 0.176. The Labute approximate surface area is 146 Å². The van der Waals surface area contributed by atoms with Gasteiger partial charge in [-0.25, -0.2) is 9.78 Å². The van der Waals surface area contributed by atoms with Crippen LogP contribution in [-0.4, -0.2) is 18.1 Å². The van der Waals surface area contributed by atoms with Crippen LogP contribution in [-0.2, 0) is 11.3 Å². The van der Waals surface area contributed by atoms with Crippen LogP contribution in [0.5, 0.6) is 5.75 Å². The fourth-order valence-electron chi connectivity index (χ4n) is 2.08. The van der Waals surface area contributed by atoms with Crippen LogP contribution in [0.4, 0.5) is 0 Å². The number of benzene rings is 1. The Bertz CT molecular complexity index is 854. The van der Waals surface area contributed by atoms with Gasteiger partial charge < -0.3 is 18.3 Å². The summed E-state index contributed by atoms with van der Waals surface area (Å²) in [6.07, 6.45) is 1.56. The lowest BCUT2D eigenvalue weighted by molar-refractivity contribution is 0.0600. The quantitative estimate of drug-likeness (QED) is 0.601. The number of hydrogen-bond donors (Lipinski definition) is 0. The Morgan fingerprint density at radius 1 is 1.33 bits per heavy atom. The van der Waals surface area contributed by atoms with Gasteiger partial charge in [-0.15, -0.1) is 0 Å². The molecule has 0 unspecified atom stereocenters. The predicted octanol–water partition coefficient (Wildman–Crippen LogP) is 4.37. The van der Waals surface area contributed by atoms with Gasteiger partial charge in [-0.05, 0) is 53.2 Å². The third-order valence-corrected chi connectivity index (χ3v) is 3.96. The second-order valence-electron chi connectivity index (χ2n) is 4.92. The van der Waals surface area contributed by atoms with Gasteiger partial charge in [0.05, 0.1) is 23.4 Å². The van der Waals surface area contributed by atoms with E-state index in [0.29, 0.717) is 38.9 Å². The Balaban J connectivity index is 1.73. The molecule has 3 aromatic rings. The van der Waals surface area contributed by atoms with E-state index >= 15 is 0 Å². The first-order chi connectivity index (χ1) is 11.6. The summed E-state index contributed by atoms with van der Waals surface area (Å²) in [4.78, 5) is 15.9. The Morgan fingerprint density at radius 3 is 2.83 bits per heavy atom. The Hall–Kier alpha value is -2.54. The molecule has 124 valence electrons. The summed E-state index contributed by atoms with van der Waals surface area (Å²) in [6, 6.07) is 8.52. The van der Waals surface area contributed by atoms with Crippen molar-refractivity contribution in [2.45, 2.75) is 13.5 Å². The van der Waals surface area contributed by atoms with Gasteiger partial charge in [0.1, 0.15) is 23.8 Å². The summed E-state index contributed by atoms with van der Waals surface area (Å²) in [5.74, 6) is 1.81. The molecule has 0 fully saturated rings. The molecule has 0 radical (unpaired) electrons. The van der Waals surface area contributed by atoms with Gasteiger partial charge in [0.15, 0.2) is 5.76 Å². The summed E-state index contributed by atoms with van der Waals surface area (Å²) in [5.41, 5.74) is 1.11. The molecule has 2 aromatic heterocycles. The molecular weight excluding hydrogens is 378 g/mol. The number of oxazole rings is 1. The molecule has 0 amide bonds. The van der Waals surface area contributed by atoms with Crippen molar-refractivity contribution in [2.75, 3.05) is 7.11 Å². The van der Waals surface area contributed by atoms with Crippen LogP contribution in [0.25, 0.3) is 11.7 Å². The zero-order valence-electron chi connectivity index (χ0n) is 13.0. The highest BCUT2D eigenvalue weighted by Crippen LogP contribution is 2.28. The van der Waals surface area contributed by atoms with E-state index in [1.54, 1.807) is 36.6 Å². The van der Waals surface area contributed by atoms with E-state index < -0.39 is 5.97 Å². The van der Waals surface area contributed by atoms with Crippen LogP contribution in [0.3, 0.4) is 0 Å². The lowest BCUT2D eigenvalue weighted by atomic mass is 10.2. The molecule has 1 aromatic carbocycles. The van der Waals surface area contributed by atoms with E-state index in [2.05, 4.69) is 25.7 Å². The van der Waals surface area contributed by atoms with Crippen LogP contribution < -0.4 is 4.74 Å². The maximum Gasteiger partial charge on any atom is 0.337 e. The summed E-state index contributed by atoms with van der Waals surface area (Å²) in [7, 11) is 1.34. The molecular formula is C17H14BrNO5. The minimum absolute atomic E-state index is 0.228. The summed E-state index contributed by atoms with van der Waals surface area (Å²) < 4.78 is 21.9.